The minimum absolute atomic E-state index is 0.0265. The first kappa shape index (κ1) is 14.4. The minimum Gasteiger partial charge on any atom is -0.336 e. The highest BCUT2D eigenvalue weighted by Crippen LogP contribution is 2.40. The molecule has 2 N–H and O–H groups in total. The lowest BCUT2D eigenvalue weighted by Gasteiger charge is -2.13. The van der Waals surface area contributed by atoms with Crippen LogP contribution < -0.4 is 19.2 Å². The van der Waals surface area contributed by atoms with Crippen LogP contribution in [0.3, 0.4) is 0 Å². The number of anilines is 3. The molecule has 1 aromatic rings. The number of benzene rings is 1. The van der Waals surface area contributed by atoms with Gasteiger partial charge in [-0.15, -0.1) is 0 Å². The highest BCUT2D eigenvalue weighted by atomic mass is 32.2. The quantitative estimate of drug-likeness (QED) is 0.864. The Kier molecular flexibility index (Phi) is 3.51. The molecule has 1 aliphatic rings. The molecule has 0 spiro atoms. The van der Waals surface area contributed by atoms with Crippen LogP contribution in [0, 0.1) is 0 Å². The molecular formula is C12H18N4O3S. The Morgan fingerprint density at radius 2 is 1.75 bits per heavy atom. The van der Waals surface area contributed by atoms with E-state index in [1.165, 1.54) is 22.7 Å². The van der Waals surface area contributed by atoms with Crippen molar-refractivity contribution in [3.8, 4) is 0 Å². The van der Waals surface area contributed by atoms with E-state index in [0.29, 0.717) is 17.1 Å². The molecule has 0 aliphatic carbocycles. The minimum atomic E-state index is -3.49. The summed E-state index contributed by atoms with van der Waals surface area (Å²) in [4.78, 5) is 11.6. The molecule has 0 radical (unpaired) electrons. The second-order valence-corrected chi connectivity index (χ2v) is 6.89. The number of amides is 2. The molecule has 1 aromatic carbocycles. The van der Waals surface area contributed by atoms with Crippen molar-refractivity contribution in [1.29, 1.82) is 0 Å². The number of rotatable bonds is 2. The van der Waals surface area contributed by atoms with Crippen LogP contribution in [-0.2, 0) is 10.2 Å². The van der Waals surface area contributed by atoms with Crippen LogP contribution in [0.1, 0.15) is 13.8 Å². The van der Waals surface area contributed by atoms with Crippen LogP contribution in [0.15, 0.2) is 18.2 Å². The molecule has 110 valence electrons. The lowest BCUT2D eigenvalue weighted by molar-refractivity contribution is 0.250. The largest absolute Gasteiger partial charge is 0.336 e. The first-order valence-corrected chi connectivity index (χ1v) is 7.57. The van der Waals surface area contributed by atoms with Gasteiger partial charge in [-0.25, -0.2) is 4.79 Å². The molecule has 0 aromatic heterocycles. The smallest absolute Gasteiger partial charge is 0.326 e. The third kappa shape index (κ3) is 2.38. The van der Waals surface area contributed by atoms with Crippen molar-refractivity contribution >= 4 is 33.3 Å². The number of hydrogen-bond donors (Lipinski definition) is 2. The predicted molar refractivity (Wildman–Crippen MR) is 79.5 cm³/mol. The van der Waals surface area contributed by atoms with Crippen LogP contribution in [0.4, 0.5) is 21.9 Å². The summed E-state index contributed by atoms with van der Waals surface area (Å²) < 4.78 is 26.4. The Morgan fingerprint density at radius 1 is 1.15 bits per heavy atom. The second kappa shape index (κ2) is 4.86. The number of fused-ring (bicyclic) bond motifs is 1. The van der Waals surface area contributed by atoms with Gasteiger partial charge in [0.15, 0.2) is 0 Å². The lowest BCUT2D eigenvalue weighted by Crippen LogP contribution is -2.34. The average molecular weight is 298 g/mol. The van der Waals surface area contributed by atoms with Gasteiger partial charge in [0.25, 0.3) is 0 Å². The second-order valence-electron chi connectivity index (χ2n) is 4.90. The van der Waals surface area contributed by atoms with Crippen molar-refractivity contribution in [3.05, 3.63) is 18.2 Å². The molecule has 8 heteroatoms. The van der Waals surface area contributed by atoms with Gasteiger partial charge in [-0.3, -0.25) is 8.61 Å². The van der Waals surface area contributed by atoms with Crippen LogP contribution in [-0.4, -0.2) is 34.6 Å². The molecule has 20 heavy (non-hydrogen) atoms. The maximum Gasteiger partial charge on any atom is 0.326 e. The third-order valence-electron chi connectivity index (χ3n) is 3.02. The zero-order chi connectivity index (χ0) is 15.1. The zero-order valence-electron chi connectivity index (χ0n) is 11.8. The van der Waals surface area contributed by atoms with Gasteiger partial charge in [-0.2, -0.15) is 8.42 Å². The lowest BCUT2D eigenvalue weighted by atomic mass is 10.2. The third-order valence-corrected chi connectivity index (χ3v) is 4.80. The van der Waals surface area contributed by atoms with E-state index in [-0.39, 0.29) is 12.1 Å². The monoisotopic (exact) mass is 298 g/mol. The topological polar surface area (TPSA) is 81.8 Å². The fourth-order valence-corrected chi connectivity index (χ4v) is 3.15. The summed E-state index contributed by atoms with van der Waals surface area (Å²) in [7, 11) is -0.511. The number of carbonyl (C=O) groups excluding carboxylic acids is 1. The molecule has 2 amide bonds. The highest BCUT2D eigenvalue weighted by molar-refractivity contribution is 7.94. The van der Waals surface area contributed by atoms with E-state index < -0.39 is 10.2 Å². The summed E-state index contributed by atoms with van der Waals surface area (Å²) in [6, 6.07) is 4.68. The van der Waals surface area contributed by atoms with Crippen molar-refractivity contribution in [1.82, 2.24) is 5.32 Å². The summed E-state index contributed by atoms with van der Waals surface area (Å²) in [6.07, 6.45) is 0. The number of nitrogens with one attached hydrogen (secondary N) is 2. The van der Waals surface area contributed by atoms with E-state index in [4.69, 9.17) is 0 Å². The fourth-order valence-electron chi connectivity index (χ4n) is 1.98. The molecule has 0 fully saturated rings. The molecule has 7 nitrogen and oxygen atoms in total. The average Bonchev–Trinajstić information content (AvgIpc) is 2.50. The first-order chi connectivity index (χ1) is 9.23. The first-order valence-electron chi connectivity index (χ1n) is 6.18. The normalized spacial score (nSPS) is 16.2. The van der Waals surface area contributed by atoms with Gasteiger partial charge in [-0.1, -0.05) is 0 Å². The Balaban J connectivity index is 2.27. The Hall–Kier alpha value is -1.96. The number of urea groups is 1. The summed E-state index contributed by atoms with van der Waals surface area (Å²) in [5.41, 5.74) is 1.66. The summed E-state index contributed by atoms with van der Waals surface area (Å²) >= 11 is 0. The molecule has 2 rings (SSSR count). The Bertz CT molecular complexity index is 642. The standard InChI is InChI=1S/C12H18N4O3S/c1-8(2)13-12(17)14-9-5-6-10-11(7-9)16(4)20(18,19)15(10)3/h5-8H,1-4H3,(H2,13,14,17). The van der Waals surface area contributed by atoms with Crippen LogP contribution in [0.5, 0.6) is 0 Å². The van der Waals surface area contributed by atoms with Gasteiger partial charge in [0.05, 0.1) is 11.4 Å². The zero-order valence-corrected chi connectivity index (χ0v) is 12.7. The number of nitrogens with zero attached hydrogens (tertiary/aromatic N) is 2. The van der Waals surface area contributed by atoms with Gasteiger partial charge in [-0.05, 0) is 32.0 Å². The van der Waals surface area contributed by atoms with Crippen LogP contribution in [0.25, 0.3) is 0 Å². The fraction of sp³-hybridized carbons (Fsp3) is 0.417. The summed E-state index contributed by atoms with van der Waals surface area (Å²) in [5, 5.41) is 5.38. The Morgan fingerprint density at radius 3 is 2.35 bits per heavy atom. The van der Waals surface area contributed by atoms with Crippen molar-refractivity contribution in [2.24, 2.45) is 0 Å². The number of carbonyl (C=O) groups is 1. The molecule has 0 unspecified atom stereocenters. The van der Waals surface area contributed by atoms with E-state index in [1.54, 1.807) is 18.2 Å². The van der Waals surface area contributed by atoms with Crippen LogP contribution in [0.2, 0.25) is 0 Å². The van der Waals surface area contributed by atoms with Crippen molar-refractivity contribution in [2.45, 2.75) is 19.9 Å². The van der Waals surface area contributed by atoms with Gasteiger partial charge in [0, 0.05) is 25.8 Å². The van der Waals surface area contributed by atoms with Gasteiger partial charge in [0.2, 0.25) is 0 Å². The van der Waals surface area contributed by atoms with Crippen LogP contribution >= 0.6 is 0 Å². The van der Waals surface area contributed by atoms with Crippen molar-refractivity contribution in [3.63, 3.8) is 0 Å². The number of hydrogen-bond acceptors (Lipinski definition) is 3. The molecule has 0 saturated carbocycles. The summed E-state index contributed by atoms with van der Waals surface area (Å²) in [6.45, 7) is 3.72. The van der Waals surface area contributed by atoms with E-state index >= 15 is 0 Å². The Labute approximate surface area is 118 Å². The molecule has 0 bridgehead atoms. The molecular weight excluding hydrogens is 280 g/mol. The van der Waals surface area contributed by atoms with Gasteiger partial charge >= 0.3 is 16.2 Å². The van der Waals surface area contributed by atoms with Crippen molar-refractivity contribution < 1.29 is 13.2 Å². The predicted octanol–water partition coefficient (Wildman–Crippen LogP) is 1.35. The van der Waals surface area contributed by atoms with Gasteiger partial charge in [0.1, 0.15) is 0 Å². The molecule has 0 atom stereocenters. The van der Waals surface area contributed by atoms with E-state index in [0.717, 1.165) is 0 Å². The van der Waals surface area contributed by atoms with E-state index in [9.17, 15) is 13.2 Å². The van der Waals surface area contributed by atoms with Crippen molar-refractivity contribution in [2.75, 3.05) is 28.0 Å². The van der Waals surface area contributed by atoms with E-state index in [2.05, 4.69) is 10.6 Å². The van der Waals surface area contributed by atoms with Gasteiger partial charge < -0.3 is 10.6 Å². The highest BCUT2D eigenvalue weighted by Gasteiger charge is 2.35. The molecule has 1 heterocycles. The van der Waals surface area contributed by atoms with E-state index in [1.807, 2.05) is 13.8 Å². The maximum atomic E-state index is 12.0. The SMILES string of the molecule is CC(C)NC(=O)Nc1ccc2c(c1)N(C)S(=O)(=O)N2C. The molecule has 1 aliphatic heterocycles. The maximum absolute atomic E-state index is 12.0. The molecule has 0 saturated heterocycles. The summed E-state index contributed by atoms with van der Waals surface area (Å²) in [5.74, 6) is 0.